The Bertz CT molecular complexity index is 1210. The van der Waals surface area contributed by atoms with E-state index in [2.05, 4.69) is 72.9 Å². The highest BCUT2D eigenvalue weighted by molar-refractivity contribution is 5.21. The van der Waals surface area contributed by atoms with Crippen molar-refractivity contribution < 1.29 is 0 Å². The first kappa shape index (κ1) is 29.8. The Labute approximate surface area is 276 Å². The second kappa shape index (κ2) is 12.3. The van der Waals surface area contributed by atoms with Crippen LogP contribution in [0.4, 0.5) is 0 Å². The summed E-state index contributed by atoms with van der Waals surface area (Å²) < 4.78 is 0. The van der Waals surface area contributed by atoms with E-state index in [1.807, 2.05) is 0 Å². The molecule has 252 valence electrons. The molecule has 17 unspecified atom stereocenters. The molecule has 0 amide bonds. The molecule has 46 heavy (non-hydrogen) atoms. The van der Waals surface area contributed by atoms with Crippen LogP contribution in [0.5, 0.6) is 0 Å². The maximum absolute atomic E-state index is 4.33. The third-order valence-electron chi connectivity index (χ3n) is 15.1. The van der Waals surface area contributed by atoms with Gasteiger partial charge in [-0.2, -0.15) is 0 Å². The van der Waals surface area contributed by atoms with Crippen LogP contribution in [0.3, 0.4) is 0 Å². The zero-order valence-corrected chi connectivity index (χ0v) is 27.8. The second-order valence-corrected chi connectivity index (χ2v) is 17.2. The number of hydrogen-bond acceptors (Lipinski definition) is 8. The SMILES string of the molecule is c1ccc(C2CCC3C4NC5NC(NC6NC(NC7NC(NC(N4)C3C2)C2CCCCC72)C2CCCCC62)C2CCCCC52)cc1. The van der Waals surface area contributed by atoms with Crippen LogP contribution >= 0.6 is 0 Å². The summed E-state index contributed by atoms with van der Waals surface area (Å²) in [5, 5.41) is 34.1. The Morgan fingerprint density at radius 1 is 0.326 bits per heavy atom. The average Bonchev–Trinajstić information content (AvgIpc) is 3.84. The van der Waals surface area contributed by atoms with Crippen molar-refractivity contribution in [1.82, 2.24) is 42.5 Å². The molecule has 8 nitrogen and oxygen atoms in total. The van der Waals surface area contributed by atoms with Crippen LogP contribution in [0, 0.1) is 47.3 Å². The van der Waals surface area contributed by atoms with Gasteiger partial charge in [-0.25, -0.2) is 0 Å². The Hall–Kier alpha value is -1.10. The first-order valence-corrected chi connectivity index (χ1v) is 19.9. The molecular formula is C38H60N8. The zero-order chi connectivity index (χ0) is 30.2. The van der Waals surface area contributed by atoms with E-state index in [0.717, 1.165) is 17.8 Å². The minimum absolute atomic E-state index is 0.343. The molecule has 10 rings (SSSR count). The lowest BCUT2D eigenvalue weighted by Gasteiger charge is -2.38. The number of fused-ring (bicyclic) bond motifs is 20. The van der Waals surface area contributed by atoms with E-state index in [0.29, 0.717) is 84.8 Å². The fourth-order valence-corrected chi connectivity index (χ4v) is 13.0. The summed E-state index contributed by atoms with van der Waals surface area (Å²) in [6, 6.07) is 11.4. The molecule has 0 aromatic heterocycles. The molecule has 5 aliphatic heterocycles. The molecular weight excluding hydrogens is 568 g/mol. The first-order chi connectivity index (χ1) is 22.8. The quantitative estimate of drug-likeness (QED) is 0.237. The number of hydrogen-bond donors (Lipinski definition) is 8. The minimum atomic E-state index is 0.343. The van der Waals surface area contributed by atoms with Crippen molar-refractivity contribution in [2.45, 2.75) is 152 Å². The molecule has 9 fully saturated rings. The Morgan fingerprint density at radius 2 is 0.630 bits per heavy atom. The normalized spacial score (nSPS) is 53.2. The van der Waals surface area contributed by atoms with Gasteiger partial charge in [0.2, 0.25) is 0 Å². The van der Waals surface area contributed by atoms with Crippen molar-refractivity contribution in [2.24, 2.45) is 47.3 Å². The molecule has 8 bridgehead atoms. The summed E-state index contributed by atoms with van der Waals surface area (Å²) in [4.78, 5) is 0. The van der Waals surface area contributed by atoms with Crippen molar-refractivity contribution >= 4 is 0 Å². The van der Waals surface area contributed by atoms with Crippen molar-refractivity contribution in [3.05, 3.63) is 35.9 Å². The van der Waals surface area contributed by atoms with Gasteiger partial charge in [-0.15, -0.1) is 0 Å². The molecule has 4 saturated carbocycles. The van der Waals surface area contributed by atoms with Crippen LogP contribution in [-0.2, 0) is 0 Å². The molecule has 17 atom stereocenters. The fraction of sp³-hybridized carbons (Fsp3) is 0.842. The fourth-order valence-electron chi connectivity index (χ4n) is 13.0. The van der Waals surface area contributed by atoms with Crippen LogP contribution in [0.25, 0.3) is 0 Å². The van der Waals surface area contributed by atoms with Gasteiger partial charge >= 0.3 is 0 Å². The molecule has 0 radical (unpaired) electrons. The van der Waals surface area contributed by atoms with Gasteiger partial charge in [-0.3, -0.25) is 42.5 Å². The summed E-state index contributed by atoms with van der Waals surface area (Å²) in [6.45, 7) is 0. The van der Waals surface area contributed by atoms with Crippen molar-refractivity contribution in [3.63, 3.8) is 0 Å². The van der Waals surface area contributed by atoms with E-state index in [1.54, 1.807) is 5.56 Å². The molecule has 1 aromatic carbocycles. The van der Waals surface area contributed by atoms with Crippen LogP contribution in [0.15, 0.2) is 30.3 Å². The Balaban J connectivity index is 0.984. The second-order valence-electron chi connectivity index (χ2n) is 17.2. The average molecular weight is 629 g/mol. The van der Waals surface area contributed by atoms with Gasteiger partial charge in [0.25, 0.3) is 0 Å². The van der Waals surface area contributed by atoms with Crippen LogP contribution in [0.2, 0.25) is 0 Å². The monoisotopic (exact) mass is 628 g/mol. The van der Waals surface area contributed by atoms with E-state index in [1.165, 1.54) is 96.3 Å². The molecule has 4 aliphatic carbocycles. The van der Waals surface area contributed by atoms with Gasteiger partial charge in [-0.1, -0.05) is 68.9 Å². The summed E-state index contributed by atoms with van der Waals surface area (Å²) in [5.74, 6) is 6.30. The molecule has 1 aromatic rings. The predicted octanol–water partition coefficient (Wildman–Crippen LogP) is 4.00. The summed E-state index contributed by atoms with van der Waals surface area (Å²) in [6.07, 6.45) is 23.4. The van der Waals surface area contributed by atoms with Crippen LogP contribution < -0.4 is 42.5 Å². The van der Waals surface area contributed by atoms with Gasteiger partial charge in [0.1, 0.15) is 0 Å². The van der Waals surface area contributed by atoms with Crippen molar-refractivity contribution in [3.8, 4) is 0 Å². The highest BCUT2D eigenvalue weighted by Gasteiger charge is 2.54. The van der Waals surface area contributed by atoms with Gasteiger partial charge in [0, 0.05) is 0 Å². The molecule has 8 N–H and O–H groups in total. The van der Waals surface area contributed by atoms with E-state index < -0.39 is 0 Å². The van der Waals surface area contributed by atoms with Crippen LogP contribution in [0.1, 0.15) is 108 Å². The van der Waals surface area contributed by atoms with E-state index in [-0.39, 0.29) is 0 Å². The van der Waals surface area contributed by atoms with Crippen molar-refractivity contribution in [2.75, 3.05) is 0 Å². The lowest BCUT2D eigenvalue weighted by atomic mass is 9.71. The summed E-state index contributed by atoms with van der Waals surface area (Å²) in [7, 11) is 0. The molecule has 0 spiro atoms. The molecule has 5 saturated heterocycles. The van der Waals surface area contributed by atoms with Crippen molar-refractivity contribution in [1.29, 1.82) is 0 Å². The zero-order valence-electron chi connectivity index (χ0n) is 27.8. The largest absolute Gasteiger partial charge is 0.286 e. The van der Waals surface area contributed by atoms with E-state index in [4.69, 9.17) is 0 Å². The Kier molecular flexibility index (Phi) is 7.99. The number of rotatable bonds is 1. The lowest BCUT2D eigenvalue weighted by molar-refractivity contribution is 0.162. The third-order valence-corrected chi connectivity index (χ3v) is 15.1. The predicted molar refractivity (Wildman–Crippen MR) is 182 cm³/mol. The van der Waals surface area contributed by atoms with Gasteiger partial charge in [0.05, 0.1) is 49.3 Å². The molecule has 5 heterocycles. The number of benzene rings is 1. The highest BCUT2D eigenvalue weighted by atomic mass is 15.4. The third kappa shape index (κ3) is 5.15. The van der Waals surface area contributed by atoms with Gasteiger partial charge < -0.3 is 0 Å². The molecule has 8 heteroatoms. The van der Waals surface area contributed by atoms with E-state index >= 15 is 0 Å². The lowest BCUT2D eigenvalue weighted by Crippen LogP contribution is -2.61. The molecule has 9 aliphatic rings. The smallest absolute Gasteiger partial charge is 0.0628 e. The minimum Gasteiger partial charge on any atom is -0.286 e. The van der Waals surface area contributed by atoms with Gasteiger partial charge in [-0.05, 0) is 117 Å². The first-order valence-electron chi connectivity index (χ1n) is 19.9. The summed E-state index contributed by atoms with van der Waals surface area (Å²) >= 11 is 0. The topological polar surface area (TPSA) is 96.2 Å². The van der Waals surface area contributed by atoms with Crippen LogP contribution in [-0.4, -0.2) is 49.3 Å². The summed E-state index contributed by atoms with van der Waals surface area (Å²) in [5.41, 5.74) is 1.55. The maximum Gasteiger partial charge on any atom is 0.0628 e. The maximum atomic E-state index is 4.33. The number of nitrogens with one attached hydrogen (secondary N) is 8. The van der Waals surface area contributed by atoms with Gasteiger partial charge in [0.15, 0.2) is 0 Å². The Morgan fingerprint density at radius 3 is 0.978 bits per heavy atom. The van der Waals surface area contributed by atoms with E-state index in [9.17, 15) is 0 Å². The standard InChI is InChI=1S/C38H60N8/c1-2-10-21(11-3-1)22-18-19-29-30(20-22)38-45-36-28-17-9-8-16-27(28)34(43-36)41-32-24-13-5-4-12-23(24)31(39-32)40-33-25-14-6-7-15-26(25)35(42-33)44-37(29)46-38/h1-3,10-11,22-46H,4-9,12-20H2. The highest BCUT2D eigenvalue weighted by Crippen LogP contribution is 2.48.